The van der Waals surface area contributed by atoms with Gasteiger partial charge >= 0.3 is 0 Å². The van der Waals surface area contributed by atoms with E-state index in [1.807, 2.05) is 36.5 Å². The molecule has 0 saturated heterocycles. The first-order chi connectivity index (χ1) is 22.0. The predicted molar refractivity (Wildman–Crippen MR) is 194 cm³/mol. The number of nitrogens with one attached hydrogen (secondary N) is 1. The molecule has 5 heteroatoms. The molecular weight excluding hydrogens is 558 g/mol. The zero-order valence-corrected chi connectivity index (χ0v) is 28.4. The highest BCUT2D eigenvalue weighted by atomic mass is 16.3. The molecule has 0 aliphatic rings. The lowest BCUT2D eigenvalue weighted by atomic mass is 10.1. The molecule has 0 rings (SSSR count). The topological polar surface area (TPSA) is 89.8 Å². The van der Waals surface area contributed by atoms with Gasteiger partial charge in [-0.25, -0.2) is 0 Å². The molecule has 3 atom stereocenters. The molecule has 0 fully saturated rings. The van der Waals surface area contributed by atoms with Crippen molar-refractivity contribution < 1.29 is 20.1 Å². The lowest BCUT2D eigenvalue weighted by Crippen LogP contribution is -2.45. The van der Waals surface area contributed by atoms with E-state index in [4.69, 9.17) is 0 Å². The van der Waals surface area contributed by atoms with E-state index >= 15 is 0 Å². The van der Waals surface area contributed by atoms with Crippen LogP contribution in [0.25, 0.3) is 0 Å². The Bertz CT molecular complexity index is 909. The van der Waals surface area contributed by atoms with Crippen molar-refractivity contribution in [3.05, 3.63) is 97.2 Å². The minimum Gasteiger partial charge on any atom is -0.394 e. The quantitative estimate of drug-likeness (QED) is 0.0380. The van der Waals surface area contributed by atoms with Crippen LogP contribution in [-0.2, 0) is 4.79 Å². The molecule has 0 aromatic heterocycles. The molecule has 0 aliphatic heterocycles. The number of aliphatic hydroxyl groups is 3. The van der Waals surface area contributed by atoms with Crippen molar-refractivity contribution in [3.8, 4) is 0 Å². The summed E-state index contributed by atoms with van der Waals surface area (Å²) in [5.41, 5.74) is 0. The first kappa shape index (κ1) is 42.3. The molecule has 0 aromatic rings. The predicted octanol–water partition coefficient (Wildman–Crippen LogP) is 9.31. The van der Waals surface area contributed by atoms with E-state index in [1.165, 1.54) is 51.4 Å². The second-order valence-corrected chi connectivity index (χ2v) is 11.4. The molecule has 1 amide bonds. The molecule has 0 saturated carbocycles. The number of carbonyl (C=O) groups is 1. The first-order valence-corrected chi connectivity index (χ1v) is 17.6. The van der Waals surface area contributed by atoms with E-state index in [0.717, 1.165) is 38.5 Å². The zero-order valence-electron chi connectivity index (χ0n) is 28.4. The molecule has 4 N–H and O–H groups in total. The fourth-order valence-corrected chi connectivity index (χ4v) is 4.40. The summed E-state index contributed by atoms with van der Waals surface area (Å²) in [6, 6.07) is -0.713. The van der Waals surface area contributed by atoms with Gasteiger partial charge < -0.3 is 20.6 Å². The third-order valence-electron chi connectivity index (χ3n) is 7.12. The standard InChI is InChI=1S/C40H65NO4/c1-3-5-7-9-11-13-15-17-19-21-23-25-28-32-37(43)33-29-27-31-35-40(45)41-38(36-42)39(44)34-30-26-24-22-20-18-16-14-12-10-8-6-4-2/h5,7-8,10-11,13,17,19,23,25,27-30,32,34,37-39,42-44H,3-4,6,9,12,14-16,18,20-22,24,26,31,33,35-36H2,1-2H3,(H,41,45)/b7-5-,10-8-,13-11-,19-17-,25-23-,29-27-,32-28-,34-30+/t37?,38-,39+/m0/s1. The SMILES string of the molecule is CC/C=C\C/C=C\C/C=C\C/C=C\C=C/C(O)C/C=C\CCC(=O)N[C@@H](CO)[C@H](O)/C=C/CCCCCCCC/C=C\CCC. The minimum absolute atomic E-state index is 0.216. The summed E-state index contributed by atoms with van der Waals surface area (Å²) in [5, 5.41) is 32.8. The van der Waals surface area contributed by atoms with Gasteiger partial charge in [0.05, 0.1) is 24.9 Å². The Morgan fingerprint density at radius 1 is 0.622 bits per heavy atom. The number of hydrogen-bond donors (Lipinski definition) is 4. The summed E-state index contributed by atoms with van der Waals surface area (Å²) >= 11 is 0. The van der Waals surface area contributed by atoms with Crippen LogP contribution in [0.5, 0.6) is 0 Å². The van der Waals surface area contributed by atoms with E-state index in [9.17, 15) is 20.1 Å². The van der Waals surface area contributed by atoms with Gasteiger partial charge in [-0.15, -0.1) is 0 Å². The number of unbranched alkanes of at least 4 members (excludes halogenated alkanes) is 8. The van der Waals surface area contributed by atoms with Gasteiger partial charge in [0.1, 0.15) is 0 Å². The van der Waals surface area contributed by atoms with Gasteiger partial charge in [-0.2, -0.15) is 0 Å². The van der Waals surface area contributed by atoms with Gasteiger partial charge in [0.15, 0.2) is 0 Å². The van der Waals surface area contributed by atoms with Crippen LogP contribution in [0.4, 0.5) is 0 Å². The maximum Gasteiger partial charge on any atom is 0.220 e. The maximum absolute atomic E-state index is 12.3. The Hall–Kier alpha value is -2.73. The molecule has 0 heterocycles. The Labute approximate surface area is 276 Å². The van der Waals surface area contributed by atoms with Crippen molar-refractivity contribution in [2.24, 2.45) is 0 Å². The summed E-state index contributed by atoms with van der Waals surface area (Å²) < 4.78 is 0. The second-order valence-electron chi connectivity index (χ2n) is 11.4. The third kappa shape index (κ3) is 31.1. The van der Waals surface area contributed by atoms with Crippen LogP contribution >= 0.6 is 0 Å². The van der Waals surface area contributed by atoms with Gasteiger partial charge in [-0.05, 0) is 70.6 Å². The Kier molecular flexibility index (Phi) is 32.1. The Morgan fingerprint density at radius 3 is 1.84 bits per heavy atom. The van der Waals surface area contributed by atoms with Crippen molar-refractivity contribution in [2.75, 3.05) is 6.61 Å². The van der Waals surface area contributed by atoms with Crippen molar-refractivity contribution in [2.45, 2.75) is 141 Å². The first-order valence-electron chi connectivity index (χ1n) is 17.6. The van der Waals surface area contributed by atoms with E-state index in [0.29, 0.717) is 12.8 Å². The van der Waals surface area contributed by atoms with E-state index < -0.39 is 18.2 Å². The van der Waals surface area contributed by atoms with E-state index in [1.54, 1.807) is 12.2 Å². The molecule has 0 bridgehead atoms. The molecule has 0 spiro atoms. The molecule has 254 valence electrons. The van der Waals surface area contributed by atoms with Crippen LogP contribution in [0.3, 0.4) is 0 Å². The average molecular weight is 624 g/mol. The summed E-state index contributed by atoms with van der Waals surface area (Å²) in [7, 11) is 0. The molecule has 45 heavy (non-hydrogen) atoms. The fraction of sp³-hybridized carbons (Fsp3) is 0.575. The summed E-state index contributed by atoms with van der Waals surface area (Å²) in [4.78, 5) is 12.3. The molecule has 5 nitrogen and oxygen atoms in total. The van der Waals surface area contributed by atoms with Crippen LogP contribution in [0.2, 0.25) is 0 Å². The van der Waals surface area contributed by atoms with Gasteiger partial charge in [-0.1, -0.05) is 143 Å². The summed E-state index contributed by atoms with van der Waals surface area (Å²) in [5.74, 6) is -0.216. The van der Waals surface area contributed by atoms with E-state index in [-0.39, 0.29) is 18.9 Å². The van der Waals surface area contributed by atoms with Gasteiger partial charge in [-0.3, -0.25) is 4.79 Å². The molecule has 0 radical (unpaired) electrons. The number of amides is 1. The normalized spacial score (nSPS) is 15.0. The maximum atomic E-state index is 12.3. The molecule has 1 unspecified atom stereocenters. The minimum atomic E-state index is -0.914. The van der Waals surface area contributed by atoms with Crippen LogP contribution in [0, 0.1) is 0 Å². The number of aliphatic hydroxyl groups excluding tert-OH is 3. The van der Waals surface area contributed by atoms with Crippen LogP contribution in [0.15, 0.2) is 97.2 Å². The number of allylic oxidation sites excluding steroid dienone is 13. The van der Waals surface area contributed by atoms with Crippen molar-refractivity contribution in [1.29, 1.82) is 0 Å². The van der Waals surface area contributed by atoms with Crippen molar-refractivity contribution in [3.63, 3.8) is 0 Å². The zero-order chi connectivity index (χ0) is 33.1. The monoisotopic (exact) mass is 623 g/mol. The third-order valence-corrected chi connectivity index (χ3v) is 7.12. The molecule has 0 aromatic carbocycles. The van der Waals surface area contributed by atoms with Crippen LogP contribution in [0.1, 0.15) is 123 Å². The lowest BCUT2D eigenvalue weighted by molar-refractivity contribution is -0.122. The Morgan fingerprint density at radius 2 is 1.20 bits per heavy atom. The van der Waals surface area contributed by atoms with Gasteiger partial charge in [0.25, 0.3) is 0 Å². The van der Waals surface area contributed by atoms with E-state index in [2.05, 4.69) is 67.8 Å². The number of hydrogen-bond acceptors (Lipinski definition) is 4. The van der Waals surface area contributed by atoms with Crippen LogP contribution < -0.4 is 5.32 Å². The van der Waals surface area contributed by atoms with Crippen molar-refractivity contribution in [1.82, 2.24) is 5.32 Å². The van der Waals surface area contributed by atoms with Gasteiger partial charge in [0.2, 0.25) is 5.91 Å². The highest BCUT2D eigenvalue weighted by Gasteiger charge is 2.17. The van der Waals surface area contributed by atoms with Gasteiger partial charge in [0, 0.05) is 6.42 Å². The lowest BCUT2D eigenvalue weighted by Gasteiger charge is -2.19. The molecule has 0 aliphatic carbocycles. The summed E-state index contributed by atoms with van der Waals surface area (Å²) in [6.45, 7) is 4.02. The smallest absolute Gasteiger partial charge is 0.220 e. The Balaban J connectivity index is 3.98. The number of rotatable bonds is 29. The largest absolute Gasteiger partial charge is 0.394 e. The summed E-state index contributed by atoms with van der Waals surface area (Å²) in [6.07, 6.45) is 48.0. The highest BCUT2D eigenvalue weighted by Crippen LogP contribution is 2.10. The van der Waals surface area contributed by atoms with Crippen LogP contribution in [-0.4, -0.2) is 46.1 Å². The second kappa shape index (κ2) is 34.1. The molecular formula is C40H65NO4. The fourth-order valence-electron chi connectivity index (χ4n) is 4.40. The van der Waals surface area contributed by atoms with Crippen molar-refractivity contribution >= 4 is 5.91 Å². The number of carbonyl (C=O) groups excluding carboxylic acids is 1. The average Bonchev–Trinajstić information content (AvgIpc) is 3.04. The highest BCUT2D eigenvalue weighted by molar-refractivity contribution is 5.76.